The van der Waals surface area contributed by atoms with Gasteiger partial charge in [0.15, 0.2) is 0 Å². The zero-order chi connectivity index (χ0) is 11.0. The van der Waals surface area contributed by atoms with Gasteiger partial charge in [-0.05, 0) is 12.8 Å². The molecule has 4 nitrogen and oxygen atoms in total. The molecule has 0 saturated heterocycles. The van der Waals surface area contributed by atoms with E-state index in [9.17, 15) is 9.59 Å². The fraction of sp³-hybridized carbons (Fsp3) is 0.800. The second-order valence-corrected chi connectivity index (χ2v) is 3.44. The highest BCUT2D eigenvalue weighted by molar-refractivity contribution is 5.77. The van der Waals surface area contributed by atoms with Crippen molar-refractivity contribution in [2.45, 2.75) is 51.5 Å². The number of carboxylic acids is 1. The summed E-state index contributed by atoms with van der Waals surface area (Å²) in [6, 6.07) is -0.753. The minimum absolute atomic E-state index is 0.271. The molecule has 0 fully saturated rings. The van der Waals surface area contributed by atoms with Gasteiger partial charge in [0.05, 0.1) is 0 Å². The van der Waals surface area contributed by atoms with E-state index in [2.05, 4.69) is 0 Å². The van der Waals surface area contributed by atoms with Gasteiger partial charge in [0.1, 0.15) is 11.8 Å². The molecule has 0 aromatic heterocycles. The number of carbonyl (C=O) groups is 2. The molecule has 1 atom stereocenters. The number of ketones is 1. The lowest BCUT2D eigenvalue weighted by atomic mass is 10.1. The van der Waals surface area contributed by atoms with Crippen LogP contribution in [0, 0.1) is 0 Å². The van der Waals surface area contributed by atoms with Crippen molar-refractivity contribution in [1.82, 2.24) is 0 Å². The molecule has 14 heavy (non-hydrogen) atoms. The Morgan fingerprint density at radius 3 is 2.43 bits per heavy atom. The van der Waals surface area contributed by atoms with Crippen molar-refractivity contribution in [3.05, 3.63) is 0 Å². The number of carboxylic acid groups (broad SMARTS) is 1. The standard InChI is InChI=1S/C10H19NO3/c1-2-8(12)6-4-3-5-7-9(11)10(13)14/h9H,2-7,11H2,1H3,(H,13,14). The summed E-state index contributed by atoms with van der Waals surface area (Å²) in [5.74, 6) is -0.679. The molecule has 0 aliphatic rings. The molecule has 1 unspecified atom stereocenters. The lowest BCUT2D eigenvalue weighted by Gasteiger charge is -2.05. The van der Waals surface area contributed by atoms with Crippen LogP contribution in [0.2, 0.25) is 0 Å². The van der Waals surface area contributed by atoms with Crippen molar-refractivity contribution in [1.29, 1.82) is 0 Å². The predicted octanol–water partition coefficient (Wildman–Crippen LogP) is 1.33. The van der Waals surface area contributed by atoms with E-state index in [0.29, 0.717) is 19.3 Å². The van der Waals surface area contributed by atoms with Crippen LogP contribution in [0.4, 0.5) is 0 Å². The number of hydrogen-bond acceptors (Lipinski definition) is 3. The van der Waals surface area contributed by atoms with E-state index in [1.165, 1.54) is 0 Å². The maximum atomic E-state index is 10.9. The fourth-order valence-corrected chi connectivity index (χ4v) is 1.16. The number of rotatable bonds is 8. The number of aliphatic carboxylic acids is 1. The van der Waals surface area contributed by atoms with Gasteiger partial charge in [0.25, 0.3) is 0 Å². The van der Waals surface area contributed by atoms with Crippen LogP contribution in [0.25, 0.3) is 0 Å². The van der Waals surface area contributed by atoms with Crippen molar-refractivity contribution in [3.8, 4) is 0 Å². The van der Waals surface area contributed by atoms with E-state index < -0.39 is 12.0 Å². The van der Waals surface area contributed by atoms with Gasteiger partial charge in [-0.2, -0.15) is 0 Å². The SMILES string of the molecule is CCC(=O)CCCCCC(N)C(=O)O. The van der Waals surface area contributed by atoms with Crippen LogP contribution in [0.5, 0.6) is 0 Å². The van der Waals surface area contributed by atoms with Crippen molar-refractivity contribution in [3.63, 3.8) is 0 Å². The molecule has 0 heterocycles. The second kappa shape index (κ2) is 7.50. The van der Waals surface area contributed by atoms with E-state index in [1.54, 1.807) is 0 Å². The molecule has 0 amide bonds. The second-order valence-electron chi connectivity index (χ2n) is 3.44. The molecule has 0 rings (SSSR count). The third-order valence-electron chi connectivity index (χ3n) is 2.18. The maximum Gasteiger partial charge on any atom is 0.320 e. The third kappa shape index (κ3) is 6.60. The summed E-state index contributed by atoms with van der Waals surface area (Å²) in [7, 11) is 0. The quantitative estimate of drug-likeness (QED) is 0.580. The van der Waals surface area contributed by atoms with Crippen molar-refractivity contribution < 1.29 is 14.7 Å². The summed E-state index contributed by atoms with van der Waals surface area (Å²) in [5.41, 5.74) is 5.32. The first-order valence-electron chi connectivity index (χ1n) is 5.08. The summed E-state index contributed by atoms with van der Waals surface area (Å²) in [6.45, 7) is 1.85. The molecule has 3 N–H and O–H groups in total. The zero-order valence-corrected chi connectivity index (χ0v) is 8.66. The van der Waals surface area contributed by atoms with Crippen LogP contribution in [-0.4, -0.2) is 22.9 Å². The summed E-state index contributed by atoms with van der Waals surface area (Å²) >= 11 is 0. The van der Waals surface area contributed by atoms with Crippen molar-refractivity contribution in [2.75, 3.05) is 0 Å². The summed E-state index contributed by atoms with van der Waals surface area (Å²) in [6.07, 6.45) is 4.21. The Bertz CT molecular complexity index is 192. The Hall–Kier alpha value is -0.900. The van der Waals surface area contributed by atoms with E-state index in [0.717, 1.165) is 19.3 Å². The molecule has 0 bridgehead atoms. The van der Waals surface area contributed by atoms with Gasteiger partial charge in [-0.1, -0.05) is 19.8 Å². The Kier molecular flexibility index (Phi) is 7.02. The van der Waals surface area contributed by atoms with E-state index in [4.69, 9.17) is 10.8 Å². The third-order valence-corrected chi connectivity index (χ3v) is 2.18. The van der Waals surface area contributed by atoms with Gasteiger partial charge in [0.2, 0.25) is 0 Å². The molecule has 0 aliphatic carbocycles. The summed E-state index contributed by atoms with van der Waals surface area (Å²) in [5, 5.41) is 8.49. The Labute approximate surface area is 84.5 Å². The lowest BCUT2D eigenvalue weighted by Crippen LogP contribution is -2.29. The van der Waals surface area contributed by atoms with Gasteiger partial charge < -0.3 is 10.8 Å². The largest absolute Gasteiger partial charge is 0.480 e. The van der Waals surface area contributed by atoms with E-state index >= 15 is 0 Å². The predicted molar refractivity (Wildman–Crippen MR) is 54.0 cm³/mol. The molecule has 0 radical (unpaired) electrons. The monoisotopic (exact) mass is 201 g/mol. The van der Waals surface area contributed by atoms with Crippen molar-refractivity contribution >= 4 is 11.8 Å². The van der Waals surface area contributed by atoms with Crippen LogP contribution >= 0.6 is 0 Å². The molecular weight excluding hydrogens is 182 g/mol. The van der Waals surface area contributed by atoms with Crippen LogP contribution in [0.15, 0.2) is 0 Å². The summed E-state index contributed by atoms with van der Waals surface area (Å²) in [4.78, 5) is 21.2. The lowest BCUT2D eigenvalue weighted by molar-refractivity contribution is -0.138. The first-order valence-corrected chi connectivity index (χ1v) is 5.08. The molecule has 4 heteroatoms. The number of unbranched alkanes of at least 4 members (excludes halogenated alkanes) is 2. The Balaban J connectivity index is 3.30. The topological polar surface area (TPSA) is 80.4 Å². The number of nitrogens with two attached hydrogens (primary N) is 1. The van der Waals surface area contributed by atoms with Crippen LogP contribution in [0.3, 0.4) is 0 Å². The molecule has 0 saturated carbocycles. The van der Waals surface area contributed by atoms with Gasteiger partial charge in [0, 0.05) is 12.8 Å². The maximum absolute atomic E-state index is 10.9. The highest BCUT2D eigenvalue weighted by Crippen LogP contribution is 2.06. The normalized spacial score (nSPS) is 12.4. The van der Waals surface area contributed by atoms with Gasteiger partial charge in [-0.3, -0.25) is 9.59 Å². The number of Topliss-reactive ketones (excluding diaryl/α,β-unsaturated/α-hetero) is 1. The fourth-order valence-electron chi connectivity index (χ4n) is 1.16. The Morgan fingerprint density at radius 2 is 1.93 bits per heavy atom. The molecule has 82 valence electrons. The average molecular weight is 201 g/mol. The number of hydrogen-bond donors (Lipinski definition) is 2. The Morgan fingerprint density at radius 1 is 1.29 bits per heavy atom. The first-order chi connectivity index (χ1) is 6.57. The smallest absolute Gasteiger partial charge is 0.320 e. The van der Waals surface area contributed by atoms with Crippen LogP contribution in [-0.2, 0) is 9.59 Å². The highest BCUT2D eigenvalue weighted by atomic mass is 16.4. The van der Waals surface area contributed by atoms with Gasteiger partial charge in [-0.25, -0.2) is 0 Å². The zero-order valence-electron chi connectivity index (χ0n) is 8.66. The van der Waals surface area contributed by atoms with Crippen molar-refractivity contribution in [2.24, 2.45) is 5.73 Å². The van der Waals surface area contributed by atoms with Crippen LogP contribution < -0.4 is 5.73 Å². The molecular formula is C10H19NO3. The van der Waals surface area contributed by atoms with E-state index in [1.807, 2.05) is 6.92 Å². The summed E-state index contributed by atoms with van der Waals surface area (Å²) < 4.78 is 0. The molecule has 0 aliphatic heterocycles. The molecule has 0 aromatic rings. The first kappa shape index (κ1) is 13.1. The molecule has 0 spiro atoms. The van der Waals surface area contributed by atoms with Crippen LogP contribution in [0.1, 0.15) is 45.4 Å². The highest BCUT2D eigenvalue weighted by Gasteiger charge is 2.09. The van der Waals surface area contributed by atoms with Gasteiger partial charge in [-0.15, -0.1) is 0 Å². The minimum atomic E-state index is -0.949. The van der Waals surface area contributed by atoms with E-state index in [-0.39, 0.29) is 5.78 Å². The number of carbonyl (C=O) groups excluding carboxylic acids is 1. The van der Waals surface area contributed by atoms with Gasteiger partial charge >= 0.3 is 5.97 Å². The molecule has 0 aromatic carbocycles. The average Bonchev–Trinajstić information content (AvgIpc) is 2.16. The minimum Gasteiger partial charge on any atom is -0.480 e.